The molecule has 0 spiro atoms. The molecule has 1 aromatic carbocycles. The lowest BCUT2D eigenvalue weighted by molar-refractivity contribution is 0.595. The van der Waals surface area contributed by atoms with Crippen LogP contribution in [0.4, 0.5) is 5.82 Å². The maximum atomic E-state index is 11.1. The Bertz CT molecular complexity index is 665. The van der Waals surface area contributed by atoms with E-state index in [2.05, 4.69) is 15.3 Å². The van der Waals surface area contributed by atoms with Gasteiger partial charge in [0.05, 0.1) is 11.3 Å². The van der Waals surface area contributed by atoms with Crippen molar-refractivity contribution in [3.63, 3.8) is 0 Å². The lowest BCUT2D eigenvalue weighted by atomic mass is 10.2. The lowest BCUT2D eigenvalue weighted by Gasteiger charge is -2.15. The summed E-state index contributed by atoms with van der Waals surface area (Å²) in [5.74, 6) is 0.913. The number of para-hydroxylation sites is 1. The third kappa shape index (κ3) is 3.89. The first-order chi connectivity index (χ1) is 8.96. The number of anilines is 1. The van der Waals surface area contributed by atoms with Crippen LogP contribution in [0.2, 0.25) is 0 Å². The van der Waals surface area contributed by atoms with Crippen LogP contribution in [0.3, 0.4) is 0 Å². The van der Waals surface area contributed by atoms with Crippen molar-refractivity contribution in [1.82, 2.24) is 9.97 Å². The van der Waals surface area contributed by atoms with Crippen molar-refractivity contribution in [2.75, 3.05) is 17.3 Å². The van der Waals surface area contributed by atoms with Gasteiger partial charge in [-0.1, -0.05) is 12.1 Å². The first-order valence-electron chi connectivity index (χ1n) is 6.10. The van der Waals surface area contributed by atoms with Crippen molar-refractivity contribution in [3.05, 3.63) is 30.6 Å². The number of aromatic nitrogens is 2. The normalized spacial score (nSPS) is 13.4. The summed E-state index contributed by atoms with van der Waals surface area (Å²) in [6, 6.07) is 7.75. The van der Waals surface area contributed by atoms with E-state index in [1.54, 1.807) is 0 Å². The smallest absolute Gasteiger partial charge is 0.147 e. The summed E-state index contributed by atoms with van der Waals surface area (Å²) in [5.41, 5.74) is 0.871. The summed E-state index contributed by atoms with van der Waals surface area (Å²) in [6.07, 6.45) is 3.31. The van der Waals surface area contributed by atoms with Crippen LogP contribution in [0.1, 0.15) is 13.3 Å². The zero-order valence-corrected chi connectivity index (χ0v) is 11.8. The van der Waals surface area contributed by atoms with Crippen LogP contribution in [0.15, 0.2) is 30.6 Å². The van der Waals surface area contributed by atoms with E-state index in [9.17, 15) is 8.42 Å². The number of rotatable bonds is 5. The zero-order chi connectivity index (χ0) is 13.9. The summed E-state index contributed by atoms with van der Waals surface area (Å²) in [6.45, 7) is 1.95. The Kier molecular flexibility index (Phi) is 3.99. The molecule has 0 aliphatic rings. The Morgan fingerprint density at radius 2 is 2.00 bits per heavy atom. The maximum absolute atomic E-state index is 11.1. The zero-order valence-electron chi connectivity index (χ0n) is 11.0. The summed E-state index contributed by atoms with van der Waals surface area (Å²) < 4.78 is 22.3. The SMILES string of the molecule is CC(CCS(C)(=O)=O)Nc1ncnc2ccccc12. The van der Waals surface area contributed by atoms with Gasteiger partial charge in [-0.2, -0.15) is 0 Å². The van der Waals surface area contributed by atoms with Gasteiger partial charge < -0.3 is 5.32 Å². The fourth-order valence-electron chi connectivity index (χ4n) is 1.82. The van der Waals surface area contributed by atoms with Gasteiger partial charge in [0.1, 0.15) is 22.0 Å². The van der Waals surface area contributed by atoms with E-state index in [0.717, 1.165) is 16.7 Å². The highest BCUT2D eigenvalue weighted by Gasteiger charge is 2.10. The number of nitrogens with one attached hydrogen (secondary N) is 1. The minimum Gasteiger partial charge on any atom is -0.367 e. The van der Waals surface area contributed by atoms with Crippen LogP contribution in [0, 0.1) is 0 Å². The summed E-state index contributed by atoms with van der Waals surface area (Å²) >= 11 is 0. The first kappa shape index (κ1) is 13.7. The fraction of sp³-hybridized carbons (Fsp3) is 0.385. The van der Waals surface area contributed by atoms with Gasteiger partial charge >= 0.3 is 0 Å². The van der Waals surface area contributed by atoms with E-state index < -0.39 is 9.84 Å². The molecular formula is C13H17N3O2S. The number of hydrogen-bond acceptors (Lipinski definition) is 5. The third-order valence-corrected chi connectivity index (χ3v) is 3.82. The lowest BCUT2D eigenvalue weighted by Crippen LogP contribution is -2.20. The molecule has 0 aliphatic carbocycles. The van der Waals surface area contributed by atoms with Gasteiger partial charge in [0.15, 0.2) is 0 Å². The summed E-state index contributed by atoms with van der Waals surface area (Å²) in [4.78, 5) is 8.41. The average Bonchev–Trinajstić information content (AvgIpc) is 2.36. The van der Waals surface area contributed by atoms with Gasteiger partial charge in [-0.15, -0.1) is 0 Å². The average molecular weight is 279 g/mol. The summed E-state index contributed by atoms with van der Waals surface area (Å²) in [5, 5.41) is 4.18. The topological polar surface area (TPSA) is 72.0 Å². The predicted octanol–water partition coefficient (Wildman–Crippen LogP) is 1.86. The van der Waals surface area contributed by atoms with E-state index in [-0.39, 0.29) is 11.8 Å². The molecule has 0 saturated heterocycles. The second kappa shape index (κ2) is 5.52. The molecule has 1 atom stereocenters. The van der Waals surface area contributed by atoms with Crippen molar-refractivity contribution in [3.8, 4) is 0 Å². The Hall–Kier alpha value is -1.69. The molecule has 0 amide bonds. The van der Waals surface area contributed by atoms with E-state index >= 15 is 0 Å². The minimum absolute atomic E-state index is 0.0352. The molecule has 2 aromatic rings. The van der Waals surface area contributed by atoms with Gasteiger partial charge in [-0.05, 0) is 25.5 Å². The van der Waals surface area contributed by atoms with Crippen molar-refractivity contribution in [2.45, 2.75) is 19.4 Å². The molecule has 0 saturated carbocycles. The highest BCUT2D eigenvalue weighted by molar-refractivity contribution is 7.90. The monoisotopic (exact) mass is 279 g/mol. The first-order valence-corrected chi connectivity index (χ1v) is 8.16. The Labute approximate surface area is 113 Å². The van der Waals surface area contributed by atoms with Crippen LogP contribution in [0.5, 0.6) is 0 Å². The standard InChI is InChI=1S/C13H17N3O2S/c1-10(7-8-19(2,17)18)16-13-11-5-3-4-6-12(11)14-9-15-13/h3-6,9-10H,7-8H2,1-2H3,(H,14,15,16). The number of fused-ring (bicyclic) bond motifs is 1. The molecule has 0 bridgehead atoms. The van der Waals surface area contributed by atoms with Crippen LogP contribution < -0.4 is 5.32 Å². The number of hydrogen-bond donors (Lipinski definition) is 1. The molecule has 1 heterocycles. The molecule has 1 aromatic heterocycles. The number of sulfone groups is 1. The van der Waals surface area contributed by atoms with Gasteiger partial charge in [-0.25, -0.2) is 18.4 Å². The number of benzene rings is 1. The fourth-order valence-corrected chi connectivity index (χ4v) is 2.60. The van der Waals surface area contributed by atoms with Crippen LogP contribution in [-0.4, -0.2) is 36.4 Å². The van der Waals surface area contributed by atoms with Crippen molar-refractivity contribution < 1.29 is 8.42 Å². The second-order valence-corrected chi connectivity index (χ2v) is 6.96. The minimum atomic E-state index is -2.93. The quantitative estimate of drug-likeness (QED) is 0.904. The molecule has 19 heavy (non-hydrogen) atoms. The van der Waals surface area contributed by atoms with Gasteiger partial charge in [0.2, 0.25) is 0 Å². The number of nitrogens with zero attached hydrogens (tertiary/aromatic N) is 2. The molecule has 0 radical (unpaired) electrons. The van der Waals surface area contributed by atoms with Gasteiger partial charge in [0.25, 0.3) is 0 Å². The van der Waals surface area contributed by atoms with Crippen LogP contribution in [-0.2, 0) is 9.84 Å². The van der Waals surface area contributed by atoms with E-state index in [1.807, 2.05) is 31.2 Å². The van der Waals surface area contributed by atoms with Crippen molar-refractivity contribution in [1.29, 1.82) is 0 Å². The van der Waals surface area contributed by atoms with E-state index in [4.69, 9.17) is 0 Å². The molecule has 6 heteroatoms. The highest BCUT2D eigenvalue weighted by atomic mass is 32.2. The highest BCUT2D eigenvalue weighted by Crippen LogP contribution is 2.19. The molecule has 102 valence electrons. The summed E-state index contributed by atoms with van der Waals surface area (Å²) in [7, 11) is -2.93. The maximum Gasteiger partial charge on any atom is 0.147 e. The van der Waals surface area contributed by atoms with E-state index in [0.29, 0.717) is 6.42 Å². The van der Waals surface area contributed by atoms with Crippen molar-refractivity contribution >= 4 is 26.6 Å². The Balaban J connectivity index is 2.13. The molecular weight excluding hydrogens is 262 g/mol. The largest absolute Gasteiger partial charge is 0.367 e. The van der Waals surface area contributed by atoms with Gasteiger partial charge in [-0.3, -0.25) is 0 Å². The third-order valence-electron chi connectivity index (χ3n) is 2.85. The molecule has 2 rings (SSSR count). The Morgan fingerprint density at radius 1 is 1.26 bits per heavy atom. The molecule has 1 N–H and O–H groups in total. The van der Waals surface area contributed by atoms with E-state index in [1.165, 1.54) is 12.6 Å². The predicted molar refractivity (Wildman–Crippen MR) is 77.0 cm³/mol. The second-order valence-electron chi connectivity index (χ2n) is 4.70. The van der Waals surface area contributed by atoms with Crippen LogP contribution in [0.25, 0.3) is 10.9 Å². The van der Waals surface area contributed by atoms with Crippen molar-refractivity contribution in [2.24, 2.45) is 0 Å². The molecule has 0 fully saturated rings. The van der Waals surface area contributed by atoms with Crippen LogP contribution >= 0.6 is 0 Å². The Morgan fingerprint density at radius 3 is 2.74 bits per heavy atom. The van der Waals surface area contributed by atoms with Gasteiger partial charge in [0, 0.05) is 17.7 Å². The molecule has 5 nitrogen and oxygen atoms in total. The molecule has 1 unspecified atom stereocenters. The molecule has 0 aliphatic heterocycles.